The molecule has 6 nitrogen and oxygen atoms in total. The average molecular weight is 446 g/mol. The predicted molar refractivity (Wildman–Crippen MR) is 129 cm³/mol. The number of nitrogens with one attached hydrogen (secondary N) is 1. The molecule has 33 heavy (non-hydrogen) atoms. The van der Waals surface area contributed by atoms with Gasteiger partial charge in [0.05, 0.1) is 12.8 Å². The molecule has 4 rings (SSSR count). The van der Waals surface area contributed by atoms with Crippen molar-refractivity contribution in [1.29, 1.82) is 0 Å². The molecule has 1 heterocycles. The van der Waals surface area contributed by atoms with Gasteiger partial charge in [0, 0.05) is 18.3 Å². The molecule has 1 N–H and O–H groups in total. The van der Waals surface area contributed by atoms with Gasteiger partial charge >= 0.3 is 6.03 Å². The second-order valence-corrected chi connectivity index (χ2v) is 8.88. The van der Waals surface area contributed by atoms with Crippen LogP contribution in [0.15, 0.2) is 77.4 Å². The summed E-state index contributed by atoms with van der Waals surface area (Å²) in [4.78, 5) is 29.8. The Balaban J connectivity index is 1.45. The zero-order valence-corrected chi connectivity index (χ0v) is 19.2. The monoisotopic (exact) mass is 445 g/mol. The van der Waals surface area contributed by atoms with Crippen molar-refractivity contribution in [3.63, 3.8) is 0 Å². The third kappa shape index (κ3) is 6.25. The van der Waals surface area contributed by atoms with E-state index in [0.29, 0.717) is 24.8 Å². The molecular weight excluding hydrogens is 414 g/mol. The van der Waals surface area contributed by atoms with E-state index in [2.05, 4.69) is 19.2 Å². The van der Waals surface area contributed by atoms with Gasteiger partial charge in [0.25, 0.3) is 0 Å². The first-order valence-corrected chi connectivity index (χ1v) is 11.5. The van der Waals surface area contributed by atoms with Crippen molar-refractivity contribution in [2.45, 2.75) is 51.7 Å². The molecule has 3 aromatic rings. The molecule has 1 saturated carbocycles. The standard InChI is InChI=1S/C27H31N3O3/c1-20(2)22-10-12-23(13-11-22)28-27(32)30(24-14-15-24)19-26(31)29(18-25-9-6-16-33-25)17-21-7-4-3-5-8-21/h3-13,16,20,24H,14-15,17-19H2,1-2H3,(H,28,32). The number of carbonyl (C=O) groups is 2. The Kier molecular flexibility index (Phi) is 7.13. The zero-order valence-electron chi connectivity index (χ0n) is 19.2. The fourth-order valence-electron chi connectivity index (χ4n) is 3.77. The van der Waals surface area contributed by atoms with Gasteiger partial charge in [-0.25, -0.2) is 4.79 Å². The van der Waals surface area contributed by atoms with Crippen molar-refractivity contribution in [2.24, 2.45) is 0 Å². The number of nitrogens with zero attached hydrogens (tertiary/aromatic N) is 2. The molecule has 0 bridgehead atoms. The van der Waals surface area contributed by atoms with Crippen LogP contribution in [0.1, 0.15) is 49.5 Å². The first kappa shape index (κ1) is 22.6. The minimum atomic E-state index is -0.235. The Morgan fingerprint density at radius 1 is 0.970 bits per heavy atom. The third-order valence-corrected chi connectivity index (χ3v) is 5.88. The number of urea groups is 1. The summed E-state index contributed by atoms with van der Waals surface area (Å²) in [5.41, 5.74) is 2.99. The topological polar surface area (TPSA) is 65.8 Å². The lowest BCUT2D eigenvalue weighted by Gasteiger charge is -2.27. The zero-order chi connectivity index (χ0) is 23.2. The van der Waals surface area contributed by atoms with Crippen molar-refractivity contribution >= 4 is 17.6 Å². The summed E-state index contributed by atoms with van der Waals surface area (Å²) in [5.74, 6) is 1.04. The Hall–Kier alpha value is -3.54. The Morgan fingerprint density at radius 3 is 2.30 bits per heavy atom. The number of rotatable bonds is 9. The molecule has 0 spiro atoms. The minimum Gasteiger partial charge on any atom is -0.467 e. The van der Waals surface area contributed by atoms with Gasteiger partial charge in [-0.1, -0.05) is 56.3 Å². The molecule has 0 aliphatic heterocycles. The van der Waals surface area contributed by atoms with Crippen molar-refractivity contribution in [2.75, 3.05) is 11.9 Å². The normalized spacial score (nSPS) is 13.1. The van der Waals surface area contributed by atoms with E-state index in [-0.39, 0.29) is 24.5 Å². The Labute approximate surface area is 195 Å². The van der Waals surface area contributed by atoms with Crippen LogP contribution in [-0.2, 0) is 17.9 Å². The molecule has 0 saturated heterocycles. The van der Waals surface area contributed by atoms with Gasteiger partial charge in [0.2, 0.25) is 5.91 Å². The van der Waals surface area contributed by atoms with Crippen LogP contribution in [0.3, 0.4) is 0 Å². The van der Waals surface area contributed by atoms with Gasteiger partial charge < -0.3 is 19.5 Å². The van der Waals surface area contributed by atoms with Crippen LogP contribution in [0.25, 0.3) is 0 Å². The van der Waals surface area contributed by atoms with Crippen LogP contribution in [-0.4, -0.2) is 34.3 Å². The van der Waals surface area contributed by atoms with Gasteiger partial charge in [0.1, 0.15) is 12.3 Å². The van der Waals surface area contributed by atoms with E-state index in [9.17, 15) is 9.59 Å². The number of benzene rings is 2. The average Bonchev–Trinajstić information content (AvgIpc) is 3.53. The molecule has 1 fully saturated rings. The summed E-state index contributed by atoms with van der Waals surface area (Å²) in [6.45, 7) is 5.12. The highest BCUT2D eigenvalue weighted by atomic mass is 16.3. The highest BCUT2D eigenvalue weighted by Gasteiger charge is 2.35. The molecule has 0 unspecified atom stereocenters. The summed E-state index contributed by atoms with van der Waals surface area (Å²) in [5, 5.41) is 2.97. The number of hydrogen-bond donors (Lipinski definition) is 1. The van der Waals surface area contributed by atoms with Crippen molar-refractivity contribution in [1.82, 2.24) is 9.80 Å². The van der Waals surface area contributed by atoms with E-state index in [1.165, 1.54) is 5.56 Å². The highest BCUT2D eigenvalue weighted by Crippen LogP contribution is 2.28. The Morgan fingerprint density at radius 2 is 1.70 bits per heavy atom. The van der Waals surface area contributed by atoms with Crippen molar-refractivity contribution in [3.05, 3.63) is 89.9 Å². The number of amides is 3. The largest absolute Gasteiger partial charge is 0.467 e. The molecular formula is C27H31N3O3. The van der Waals surface area contributed by atoms with E-state index in [1.807, 2.05) is 66.7 Å². The first-order valence-electron chi connectivity index (χ1n) is 11.5. The third-order valence-electron chi connectivity index (χ3n) is 5.88. The summed E-state index contributed by atoms with van der Waals surface area (Å²) in [7, 11) is 0. The van der Waals surface area contributed by atoms with Crippen molar-refractivity contribution < 1.29 is 14.0 Å². The van der Waals surface area contributed by atoms with Crippen LogP contribution in [0.4, 0.5) is 10.5 Å². The van der Waals surface area contributed by atoms with E-state index < -0.39 is 0 Å². The van der Waals surface area contributed by atoms with E-state index in [4.69, 9.17) is 4.42 Å². The van der Waals surface area contributed by atoms with Gasteiger partial charge in [-0.15, -0.1) is 0 Å². The molecule has 3 amide bonds. The second-order valence-electron chi connectivity index (χ2n) is 8.88. The lowest BCUT2D eigenvalue weighted by molar-refractivity contribution is -0.133. The number of carbonyl (C=O) groups excluding carboxylic acids is 2. The first-order chi connectivity index (χ1) is 16.0. The molecule has 1 aliphatic rings. The van der Waals surface area contributed by atoms with Gasteiger partial charge in [0.15, 0.2) is 0 Å². The van der Waals surface area contributed by atoms with E-state index >= 15 is 0 Å². The summed E-state index contributed by atoms with van der Waals surface area (Å²) in [6, 6.07) is 21.3. The number of furan rings is 1. The van der Waals surface area contributed by atoms with Gasteiger partial charge in [-0.2, -0.15) is 0 Å². The lowest BCUT2D eigenvalue weighted by atomic mass is 10.0. The lowest BCUT2D eigenvalue weighted by Crippen LogP contribution is -2.45. The summed E-state index contributed by atoms with van der Waals surface area (Å²) >= 11 is 0. The molecule has 2 aromatic carbocycles. The van der Waals surface area contributed by atoms with Crippen molar-refractivity contribution in [3.8, 4) is 0 Å². The minimum absolute atomic E-state index is 0.0358. The summed E-state index contributed by atoms with van der Waals surface area (Å²) < 4.78 is 5.48. The molecule has 0 radical (unpaired) electrons. The maximum atomic E-state index is 13.4. The van der Waals surface area contributed by atoms with E-state index in [0.717, 1.165) is 24.1 Å². The quantitative estimate of drug-likeness (QED) is 0.464. The maximum Gasteiger partial charge on any atom is 0.322 e. The smallest absolute Gasteiger partial charge is 0.322 e. The van der Waals surface area contributed by atoms with Crippen LogP contribution in [0.5, 0.6) is 0 Å². The van der Waals surface area contributed by atoms with E-state index in [1.54, 1.807) is 16.1 Å². The van der Waals surface area contributed by atoms with Gasteiger partial charge in [-0.3, -0.25) is 4.79 Å². The maximum absolute atomic E-state index is 13.4. The molecule has 172 valence electrons. The SMILES string of the molecule is CC(C)c1ccc(NC(=O)N(CC(=O)N(Cc2ccccc2)Cc2ccco2)C2CC2)cc1. The van der Waals surface area contributed by atoms with Crippen LogP contribution in [0, 0.1) is 0 Å². The highest BCUT2D eigenvalue weighted by molar-refractivity contribution is 5.92. The fourth-order valence-corrected chi connectivity index (χ4v) is 3.77. The second kappa shape index (κ2) is 10.4. The molecule has 6 heteroatoms. The van der Waals surface area contributed by atoms with Crippen LogP contribution < -0.4 is 5.32 Å². The predicted octanol–water partition coefficient (Wildman–Crippen LogP) is 5.63. The molecule has 1 aromatic heterocycles. The number of anilines is 1. The van der Waals surface area contributed by atoms with Gasteiger partial charge in [-0.05, 0) is 54.2 Å². The fraction of sp³-hybridized carbons (Fsp3) is 0.333. The molecule has 0 atom stereocenters. The summed E-state index contributed by atoms with van der Waals surface area (Å²) in [6.07, 6.45) is 3.45. The molecule has 1 aliphatic carbocycles. The Bertz CT molecular complexity index is 1040. The number of hydrogen-bond acceptors (Lipinski definition) is 3. The van der Waals surface area contributed by atoms with Crippen LogP contribution in [0.2, 0.25) is 0 Å². The van der Waals surface area contributed by atoms with Crippen LogP contribution >= 0.6 is 0 Å².